The van der Waals surface area contributed by atoms with Gasteiger partial charge in [0, 0.05) is 17.5 Å². The van der Waals surface area contributed by atoms with E-state index >= 15 is 0 Å². The van der Waals surface area contributed by atoms with Crippen LogP contribution in [0.15, 0.2) is 57.7 Å². The first-order chi connectivity index (χ1) is 22.2. The van der Waals surface area contributed by atoms with E-state index in [2.05, 4.69) is 27.8 Å². The van der Waals surface area contributed by atoms with Crippen LogP contribution in [0.3, 0.4) is 0 Å². The third-order valence-corrected chi connectivity index (χ3v) is 9.81. The highest BCUT2D eigenvalue weighted by atomic mass is 32.3. The molecule has 46 heavy (non-hydrogen) atoms. The average molecular weight is 674 g/mol. The number of nitrogens with zero attached hydrogens (tertiary/aromatic N) is 1. The molecule has 8 nitrogen and oxygen atoms in total. The minimum absolute atomic E-state index is 0.315. The Morgan fingerprint density at radius 1 is 0.804 bits per heavy atom. The van der Waals surface area contributed by atoms with Crippen molar-refractivity contribution in [2.45, 2.75) is 110 Å². The number of aryl methyl sites for hydroxylation is 1. The Hall–Kier alpha value is -2.79. The third-order valence-electron chi connectivity index (χ3n) is 8.15. The van der Waals surface area contributed by atoms with Gasteiger partial charge < -0.3 is 13.7 Å². The lowest BCUT2D eigenvalue weighted by Gasteiger charge is -2.07. The number of ether oxygens (including phenoxy) is 1. The van der Waals surface area contributed by atoms with Crippen molar-refractivity contribution in [1.29, 1.82) is 0 Å². The fraction of sp³-hybridized carbons (Fsp3) is 0.556. The molecule has 0 radical (unpaired) electrons. The monoisotopic (exact) mass is 673 g/mol. The van der Waals surface area contributed by atoms with Crippen LogP contribution in [0.2, 0.25) is 0 Å². The lowest BCUT2D eigenvalue weighted by Crippen LogP contribution is -2.29. The molecular weight excluding hydrogens is 623 g/mol. The van der Waals surface area contributed by atoms with Crippen molar-refractivity contribution in [3.05, 3.63) is 59.0 Å². The first-order valence-electron chi connectivity index (χ1n) is 16.8. The SMILES string of the molecule is CCCCCCCCCCCCCCCCCCOc1ccc2cc(-c3sc4ccccc4[n+]3C)c(=O)oc2c1.COS(=O)(=O)[O-]. The van der Waals surface area contributed by atoms with E-state index in [0.29, 0.717) is 17.8 Å². The van der Waals surface area contributed by atoms with E-state index in [0.717, 1.165) is 39.9 Å². The number of hydrogen-bond acceptors (Lipinski definition) is 8. The number of para-hydroxylation sites is 1. The molecule has 2 aromatic carbocycles. The number of benzene rings is 2. The molecule has 0 aliphatic rings. The molecule has 10 heteroatoms. The van der Waals surface area contributed by atoms with Gasteiger partial charge in [0.25, 0.3) is 5.01 Å². The Bertz CT molecular complexity index is 1630. The van der Waals surface area contributed by atoms with Gasteiger partial charge in [-0.1, -0.05) is 127 Å². The average Bonchev–Trinajstić information content (AvgIpc) is 3.38. The van der Waals surface area contributed by atoms with Gasteiger partial charge in [0.1, 0.15) is 28.6 Å². The van der Waals surface area contributed by atoms with Crippen LogP contribution in [0.4, 0.5) is 0 Å². The normalized spacial score (nSPS) is 11.6. The summed E-state index contributed by atoms with van der Waals surface area (Å²) in [6.45, 7) is 2.98. The van der Waals surface area contributed by atoms with Crippen molar-refractivity contribution in [1.82, 2.24) is 0 Å². The zero-order valence-corrected chi connectivity index (χ0v) is 29.4. The van der Waals surface area contributed by atoms with E-state index < -0.39 is 10.4 Å². The summed E-state index contributed by atoms with van der Waals surface area (Å²) in [5.74, 6) is 0.761. The smallest absolute Gasteiger partial charge is 0.351 e. The molecular formula is C36H51NO7S2. The number of thiazole rings is 1. The van der Waals surface area contributed by atoms with E-state index in [1.165, 1.54) is 96.3 Å². The van der Waals surface area contributed by atoms with E-state index in [9.17, 15) is 17.8 Å². The van der Waals surface area contributed by atoms with Gasteiger partial charge in [0.05, 0.1) is 13.7 Å². The summed E-state index contributed by atoms with van der Waals surface area (Å²) in [7, 11) is -1.61. The molecule has 0 saturated carbocycles. The molecule has 0 amide bonds. The van der Waals surface area contributed by atoms with E-state index in [1.54, 1.807) is 11.3 Å². The molecule has 254 valence electrons. The number of fused-ring (bicyclic) bond motifs is 2. The largest absolute Gasteiger partial charge is 0.726 e. The number of hydrogen-bond donors (Lipinski definition) is 0. The van der Waals surface area contributed by atoms with Gasteiger partial charge in [-0.25, -0.2) is 13.2 Å². The topological polar surface area (TPSA) is 110 Å². The molecule has 4 rings (SSSR count). The fourth-order valence-corrected chi connectivity index (χ4v) is 6.66. The summed E-state index contributed by atoms with van der Waals surface area (Å²) in [4.78, 5) is 12.9. The Labute approximate surface area is 278 Å². The van der Waals surface area contributed by atoms with Crippen LogP contribution in [0.5, 0.6) is 5.75 Å². The molecule has 0 saturated heterocycles. The van der Waals surface area contributed by atoms with Gasteiger partial charge >= 0.3 is 5.63 Å². The molecule has 0 aliphatic heterocycles. The molecule has 0 bridgehead atoms. The highest BCUT2D eigenvalue weighted by Gasteiger charge is 2.22. The van der Waals surface area contributed by atoms with Crippen LogP contribution < -0.4 is 14.9 Å². The summed E-state index contributed by atoms with van der Waals surface area (Å²) in [6, 6.07) is 15.9. The number of unbranched alkanes of at least 4 members (excludes halogenated alkanes) is 15. The minimum atomic E-state index is -4.41. The highest BCUT2D eigenvalue weighted by molar-refractivity contribution is 7.80. The summed E-state index contributed by atoms with van der Waals surface area (Å²) in [5, 5.41) is 1.81. The van der Waals surface area contributed by atoms with Gasteiger partial charge in [-0.05, 0) is 30.7 Å². The summed E-state index contributed by atoms with van der Waals surface area (Å²) in [6.07, 6.45) is 21.8. The number of rotatable bonds is 20. The predicted octanol–water partition coefficient (Wildman–Crippen LogP) is 9.23. The molecule has 2 heterocycles. The Kier molecular flexibility index (Phi) is 16.7. The Morgan fingerprint density at radius 3 is 1.89 bits per heavy atom. The van der Waals surface area contributed by atoms with Crippen molar-refractivity contribution in [2.24, 2.45) is 7.05 Å². The quantitative estimate of drug-likeness (QED) is 0.0302. The maximum atomic E-state index is 12.9. The molecule has 0 spiro atoms. The van der Waals surface area contributed by atoms with Crippen LogP contribution in [0, 0.1) is 0 Å². The van der Waals surface area contributed by atoms with E-state index in [1.807, 2.05) is 43.4 Å². The zero-order valence-electron chi connectivity index (χ0n) is 27.8. The third kappa shape index (κ3) is 13.1. The van der Waals surface area contributed by atoms with Crippen molar-refractivity contribution in [3.8, 4) is 16.3 Å². The van der Waals surface area contributed by atoms with Crippen molar-refractivity contribution in [3.63, 3.8) is 0 Å². The van der Waals surface area contributed by atoms with Crippen LogP contribution in [0.25, 0.3) is 31.8 Å². The predicted molar refractivity (Wildman–Crippen MR) is 186 cm³/mol. The lowest BCUT2D eigenvalue weighted by molar-refractivity contribution is -0.629. The van der Waals surface area contributed by atoms with Gasteiger partial charge in [-0.15, -0.1) is 0 Å². The molecule has 0 N–H and O–H groups in total. The van der Waals surface area contributed by atoms with Crippen LogP contribution in [0.1, 0.15) is 110 Å². The van der Waals surface area contributed by atoms with Gasteiger partial charge in [-0.2, -0.15) is 4.57 Å². The Morgan fingerprint density at radius 2 is 1.35 bits per heavy atom. The minimum Gasteiger partial charge on any atom is -0.726 e. The van der Waals surface area contributed by atoms with Crippen LogP contribution in [-0.2, 0) is 21.6 Å². The van der Waals surface area contributed by atoms with E-state index in [4.69, 9.17) is 9.15 Å². The van der Waals surface area contributed by atoms with Crippen LogP contribution >= 0.6 is 11.3 Å². The summed E-state index contributed by atoms with van der Waals surface area (Å²) < 4.78 is 46.0. The summed E-state index contributed by atoms with van der Waals surface area (Å²) in [5.41, 5.74) is 1.96. The molecule has 4 aromatic rings. The van der Waals surface area contributed by atoms with Crippen molar-refractivity contribution < 1.29 is 30.9 Å². The highest BCUT2D eigenvalue weighted by Crippen LogP contribution is 2.29. The summed E-state index contributed by atoms with van der Waals surface area (Å²) >= 11 is 1.61. The van der Waals surface area contributed by atoms with E-state index in [-0.39, 0.29) is 5.63 Å². The molecule has 0 fully saturated rings. The van der Waals surface area contributed by atoms with Crippen molar-refractivity contribution >= 4 is 42.9 Å². The molecule has 2 aromatic heterocycles. The lowest BCUT2D eigenvalue weighted by atomic mass is 10.0. The fourth-order valence-electron chi connectivity index (χ4n) is 5.51. The van der Waals surface area contributed by atoms with Crippen molar-refractivity contribution in [2.75, 3.05) is 13.7 Å². The molecule has 0 atom stereocenters. The standard InChI is InChI=1S/C35H48NO3S.CH4O4S/c1-3-4-5-6-7-8-9-10-11-12-13-14-15-16-17-20-25-38-29-24-23-28-26-30(35(37)39-32(28)27-29)34-36(2)31-21-18-19-22-33(31)40-34;1-5-6(2,3)4/h18-19,21-24,26-27H,3-17,20,25H2,1-2H3;1H3,(H,2,3,4)/q+1;/p-1. The molecule has 0 unspecified atom stereocenters. The van der Waals surface area contributed by atoms with Gasteiger partial charge in [-0.3, -0.25) is 4.18 Å². The second-order valence-electron chi connectivity index (χ2n) is 11.8. The first kappa shape index (κ1) is 37.7. The first-order valence-corrected chi connectivity index (χ1v) is 19.0. The second-order valence-corrected chi connectivity index (χ2v) is 14.0. The second kappa shape index (κ2) is 20.4. The number of aromatic nitrogens is 1. The maximum Gasteiger partial charge on any atom is 0.351 e. The van der Waals surface area contributed by atoms with Gasteiger partial charge in [0.2, 0.25) is 15.9 Å². The van der Waals surface area contributed by atoms with Gasteiger partial charge in [0.15, 0.2) is 0 Å². The Balaban J connectivity index is 0.000000875. The van der Waals surface area contributed by atoms with Crippen LogP contribution in [-0.4, -0.2) is 26.7 Å². The maximum absolute atomic E-state index is 12.9. The molecule has 0 aliphatic carbocycles. The zero-order chi connectivity index (χ0) is 33.2.